The second kappa shape index (κ2) is 8.55. The maximum Gasteiger partial charge on any atom is 0.269 e. The summed E-state index contributed by atoms with van der Waals surface area (Å²) in [6.07, 6.45) is 1.73. The van der Waals surface area contributed by atoms with Gasteiger partial charge in [-0.3, -0.25) is 14.9 Å². The lowest BCUT2D eigenvalue weighted by atomic mass is 9.96. The highest BCUT2D eigenvalue weighted by molar-refractivity contribution is 9.09. The second-order valence-corrected chi connectivity index (χ2v) is 7.41. The smallest absolute Gasteiger partial charge is 0.269 e. The van der Waals surface area contributed by atoms with Gasteiger partial charge in [0.15, 0.2) is 0 Å². The zero-order valence-electron chi connectivity index (χ0n) is 14.7. The second-order valence-electron chi connectivity index (χ2n) is 6.18. The molecule has 0 radical (unpaired) electrons. The van der Waals surface area contributed by atoms with Crippen molar-refractivity contribution in [2.75, 3.05) is 16.8 Å². The number of fused-ring (bicyclic) bond motifs is 1. The summed E-state index contributed by atoms with van der Waals surface area (Å²) >= 11 is 9.53. The molecule has 6 nitrogen and oxygen atoms in total. The molecule has 1 amide bonds. The van der Waals surface area contributed by atoms with Crippen molar-refractivity contribution in [2.24, 2.45) is 0 Å². The lowest BCUT2D eigenvalue weighted by Crippen LogP contribution is -2.27. The van der Waals surface area contributed by atoms with E-state index in [0.29, 0.717) is 28.4 Å². The Morgan fingerprint density at radius 3 is 2.54 bits per heavy atom. The molecule has 0 saturated heterocycles. The molecule has 0 fully saturated rings. The molecule has 1 heterocycles. The first-order valence-electron chi connectivity index (χ1n) is 8.55. The van der Waals surface area contributed by atoms with Gasteiger partial charge in [-0.05, 0) is 48.7 Å². The molecular formula is C20H15BrClN3O3. The Balaban J connectivity index is 2.12. The summed E-state index contributed by atoms with van der Waals surface area (Å²) < 4.78 is 0. The first kappa shape index (κ1) is 20.1. The number of unbranched alkanes of at least 4 members (excludes halogenated alkanes) is 1. The molecule has 0 N–H and O–H groups in total. The van der Waals surface area contributed by atoms with E-state index in [1.165, 1.54) is 24.3 Å². The van der Waals surface area contributed by atoms with Crippen LogP contribution >= 0.6 is 27.5 Å². The molecule has 0 bridgehead atoms. The Labute approximate surface area is 175 Å². The molecule has 142 valence electrons. The van der Waals surface area contributed by atoms with Gasteiger partial charge in [0.1, 0.15) is 6.07 Å². The fourth-order valence-electron chi connectivity index (χ4n) is 3.15. The quantitative estimate of drug-likeness (QED) is 0.148. The molecule has 1 aliphatic rings. The zero-order valence-corrected chi connectivity index (χ0v) is 17.0. The van der Waals surface area contributed by atoms with Gasteiger partial charge in [0.2, 0.25) is 0 Å². The number of allylic oxidation sites excluding steroid dienone is 1. The van der Waals surface area contributed by atoms with Gasteiger partial charge in [-0.1, -0.05) is 27.5 Å². The van der Waals surface area contributed by atoms with Crippen LogP contribution in [-0.4, -0.2) is 22.7 Å². The van der Waals surface area contributed by atoms with E-state index in [2.05, 4.69) is 22.0 Å². The Hall–Kier alpha value is -2.69. The minimum Gasteiger partial charge on any atom is -0.308 e. The maximum atomic E-state index is 13.2. The molecule has 0 aromatic heterocycles. The van der Waals surface area contributed by atoms with Gasteiger partial charge in [-0.2, -0.15) is 5.26 Å². The molecular weight excluding hydrogens is 446 g/mol. The van der Waals surface area contributed by atoms with Crippen LogP contribution in [0.15, 0.2) is 42.5 Å². The molecule has 8 heteroatoms. The number of carbonyl (C=O) groups is 1. The number of carbonyl (C=O) groups excluding carboxylic acids is 1. The minimum absolute atomic E-state index is 0.0800. The zero-order chi connectivity index (χ0) is 20.3. The van der Waals surface area contributed by atoms with E-state index in [1.54, 1.807) is 23.1 Å². The average molecular weight is 461 g/mol. The number of alkyl halides is 1. The van der Waals surface area contributed by atoms with E-state index in [0.717, 1.165) is 18.2 Å². The first-order chi connectivity index (χ1) is 13.5. The van der Waals surface area contributed by atoms with Crippen LogP contribution < -0.4 is 4.90 Å². The molecule has 1 aliphatic heterocycles. The molecule has 3 rings (SSSR count). The van der Waals surface area contributed by atoms with Gasteiger partial charge in [-0.25, -0.2) is 0 Å². The summed E-state index contributed by atoms with van der Waals surface area (Å²) in [7, 11) is 0. The van der Waals surface area contributed by atoms with Crippen molar-refractivity contribution in [2.45, 2.75) is 12.8 Å². The van der Waals surface area contributed by atoms with Crippen LogP contribution in [-0.2, 0) is 4.79 Å². The van der Waals surface area contributed by atoms with Gasteiger partial charge >= 0.3 is 0 Å². The van der Waals surface area contributed by atoms with Crippen LogP contribution in [0.4, 0.5) is 11.4 Å². The fourth-order valence-corrected chi connectivity index (χ4v) is 3.71. The van der Waals surface area contributed by atoms with Crippen LogP contribution in [0.5, 0.6) is 0 Å². The number of nitro benzene ring substituents is 1. The lowest BCUT2D eigenvalue weighted by Gasteiger charge is -2.16. The van der Waals surface area contributed by atoms with Crippen molar-refractivity contribution in [1.82, 2.24) is 0 Å². The number of non-ortho nitro benzene ring substituents is 1. The summed E-state index contributed by atoms with van der Waals surface area (Å²) in [6, 6.07) is 12.9. The first-order valence-corrected chi connectivity index (χ1v) is 10.0. The Morgan fingerprint density at radius 1 is 1.21 bits per heavy atom. The third kappa shape index (κ3) is 3.79. The number of halogens is 2. The molecule has 0 spiro atoms. The van der Waals surface area contributed by atoms with Crippen LogP contribution in [0.25, 0.3) is 11.1 Å². The molecule has 0 unspecified atom stereocenters. The van der Waals surface area contributed by atoms with Crippen molar-refractivity contribution in [3.8, 4) is 6.07 Å². The summed E-state index contributed by atoms with van der Waals surface area (Å²) in [5, 5.41) is 22.0. The normalized spacial score (nSPS) is 14.6. The van der Waals surface area contributed by atoms with Crippen LogP contribution in [0, 0.1) is 21.4 Å². The minimum atomic E-state index is -0.510. The number of nitro groups is 1. The van der Waals surface area contributed by atoms with Crippen LogP contribution in [0.2, 0.25) is 5.02 Å². The maximum absolute atomic E-state index is 13.2. The van der Waals surface area contributed by atoms with Crippen molar-refractivity contribution in [3.05, 3.63) is 68.7 Å². The highest BCUT2D eigenvalue weighted by Crippen LogP contribution is 2.42. The predicted octanol–water partition coefficient (Wildman–Crippen LogP) is 5.20. The predicted molar refractivity (Wildman–Crippen MR) is 112 cm³/mol. The van der Waals surface area contributed by atoms with Gasteiger partial charge in [0.25, 0.3) is 11.6 Å². The molecule has 28 heavy (non-hydrogen) atoms. The number of nitriles is 1. The van der Waals surface area contributed by atoms with E-state index in [-0.39, 0.29) is 22.7 Å². The van der Waals surface area contributed by atoms with E-state index in [9.17, 15) is 20.2 Å². The fraction of sp³-hybridized carbons (Fsp3) is 0.200. The number of nitrogens with zero attached hydrogens (tertiary/aromatic N) is 3. The van der Waals surface area contributed by atoms with E-state index < -0.39 is 4.92 Å². The topological polar surface area (TPSA) is 87.2 Å². The summed E-state index contributed by atoms with van der Waals surface area (Å²) in [5.74, 6) is -0.262. The monoisotopic (exact) mass is 459 g/mol. The SMILES string of the molecule is N#C/C(=C1\C(=O)N(CCCCBr)c2ccc(Cl)cc21)c1ccc([N+](=O)[O-])cc1. The summed E-state index contributed by atoms with van der Waals surface area (Å²) in [4.78, 5) is 25.2. The highest BCUT2D eigenvalue weighted by Gasteiger charge is 2.35. The standard InChI is InChI=1S/C20H15BrClN3O3/c21-9-1-2-10-24-18-8-5-14(22)11-16(18)19(20(24)26)17(12-23)13-3-6-15(7-4-13)25(27)28/h3-8,11H,1-2,9-10H2/b19-17+. The largest absolute Gasteiger partial charge is 0.308 e. The Kier molecular flexibility index (Phi) is 6.12. The van der Waals surface area contributed by atoms with Gasteiger partial charge in [-0.15, -0.1) is 0 Å². The lowest BCUT2D eigenvalue weighted by molar-refractivity contribution is -0.384. The number of amides is 1. The third-order valence-corrected chi connectivity index (χ3v) is 5.27. The van der Waals surface area contributed by atoms with Crippen molar-refractivity contribution < 1.29 is 9.72 Å². The van der Waals surface area contributed by atoms with E-state index in [4.69, 9.17) is 11.6 Å². The van der Waals surface area contributed by atoms with Crippen molar-refractivity contribution in [1.29, 1.82) is 5.26 Å². The molecule has 0 aliphatic carbocycles. The Morgan fingerprint density at radius 2 is 1.93 bits per heavy atom. The van der Waals surface area contributed by atoms with Crippen molar-refractivity contribution in [3.63, 3.8) is 0 Å². The van der Waals surface area contributed by atoms with Crippen LogP contribution in [0.1, 0.15) is 24.0 Å². The van der Waals surface area contributed by atoms with Crippen LogP contribution in [0.3, 0.4) is 0 Å². The summed E-state index contributed by atoms with van der Waals surface area (Å²) in [6.45, 7) is 0.529. The number of hydrogen-bond donors (Lipinski definition) is 0. The van der Waals surface area contributed by atoms with E-state index >= 15 is 0 Å². The number of benzene rings is 2. The number of hydrogen-bond acceptors (Lipinski definition) is 4. The number of rotatable bonds is 6. The summed E-state index contributed by atoms with van der Waals surface area (Å²) in [5.41, 5.74) is 2.13. The van der Waals surface area contributed by atoms with Gasteiger partial charge < -0.3 is 4.90 Å². The number of anilines is 1. The van der Waals surface area contributed by atoms with E-state index in [1.807, 2.05) is 0 Å². The highest BCUT2D eigenvalue weighted by atomic mass is 79.9. The van der Waals surface area contributed by atoms with Gasteiger partial charge in [0.05, 0.1) is 21.8 Å². The molecule has 0 saturated carbocycles. The average Bonchev–Trinajstić information content (AvgIpc) is 2.95. The Bertz CT molecular complexity index is 1010. The molecule has 2 aromatic carbocycles. The van der Waals surface area contributed by atoms with Gasteiger partial charge in [0, 0.05) is 34.6 Å². The molecule has 0 atom stereocenters. The third-order valence-electron chi connectivity index (χ3n) is 4.47. The van der Waals surface area contributed by atoms with Crippen molar-refractivity contribution >= 4 is 56.0 Å². The molecule has 2 aromatic rings.